The summed E-state index contributed by atoms with van der Waals surface area (Å²) >= 11 is -3.03. The number of hydrogen-bond acceptors (Lipinski definition) is 9. The second kappa shape index (κ2) is 9.74. The van der Waals surface area contributed by atoms with Crippen LogP contribution in [0.15, 0.2) is 23.3 Å². The van der Waals surface area contributed by atoms with Gasteiger partial charge in [0, 0.05) is 24.2 Å². The molecule has 1 unspecified atom stereocenters. The Labute approximate surface area is 184 Å². The van der Waals surface area contributed by atoms with E-state index in [2.05, 4.69) is 10.4 Å². The summed E-state index contributed by atoms with van der Waals surface area (Å²) in [6, 6.07) is 1.03. The summed E-state index contributed by atoms with van der Waals surface area (Å²) in [5.41, 5.74) is 1.93. The van der Waals surface area contributed by atoms with Gasteiger partial charge in [0.2, 0.25) is 5.91 Å². The second-order valence-electron chi connectivity index (χ2n) is 7.19. The van der Waals surface area contributed by atoms with Gasteiger partial charge in [-0.25, -0.2) is 10.2 Å². The lowest BCUT2D eigenvalue weighted by Gasteiger charge is -2.48. The summed E-state index contributed by atoms with van der Waals surface area (Å²) in [4.78, 5) is 48.4. The van der Waals surface area contributed by atoms with Gasteiger partial charge >= 0.3 is 5.97 Å². The van der Waals surface area contributed by atoms with Crippen LogP contribution in [-0.2, 0) is 25.5 Å². The van der Waals surface area contributed by atoms with Crippen molar-refractivity contribution in [1.29, 1.82) is 0 Å². The summed E-state index contributed by atoms with van der Waals surface area (Å²) in [6.45, 7) is 2.03. The number of aromatic hydroxyl groups is 2. The van der Waals surface area contributed by atoms with E-state index in [1.807, 2.05) is 5.43 Å². The summed E-state index contributed by atoms with van der Waals surface area (Å²) in [5, 5.41) is 33.9. The number of hydrogen-bond donors (Lipinski definition) is 5. The summed E-state index contributed by atoms with van der Waals surface area (Å²) in [5.74, 6) is -4.65. The molecule has 4 atom stereocenters. The Kier molecular flexibility index (Phi) is 7.53. The largest absolute Gasteiger partial charge is 0.772 e. The number of carbonyl (C=O) groups is 4. The Bertz CT molecular complexity index is 999. The SMILES string of the molecule is C[C@@H]1CC(=O)N1[C@@H](C(=O)O)[C@](C)(/C=N/NC(=O)CNC(=O)c1ccc(O)c(O)c1)S(=O)[O-]. The summed E-state index contributed by atoms with van der Waals surface area (Å²) in [7, 11) is 0. The van der Waals surface area contributed by atoms with Gasteiger partial charge in [-0.2, -0.15) is 5.10 Å². The molecule has 0 radical (unpaired) electrons. The van der Waals surface area contributed by atoms with Crippen LogP contribution in [0, 0.1) is 0 Å². The first-order chi connectivity index (χ1) is 14.9. The van der Waals surface area contributed by atoms with Crippen molar-refractivity contribution in [3.8, 4) is 11.5 Å². The lowest BCUT2D eigenvalue weighted by Crippen LogP contribution is -2.67. The Balaban J connectivity index is 2.04. The topological polar surface area (TPSA) is 209 Å². The highest BCUT2D eigenvalue weighted by molar-refractivity contribution is 7.81. The summed E-state index contributed by atoms with van der Waals surface area (Å²) < 4.78 is 21.5. The molecular weight excluding hydrogens is 448 g/mol. The molecule has 32 heavy (non-hydrogen) atoms. The van der Waals surface area contributed by atoms with Crippen molar-refractivity contribution in [3.05, 3.63) is 23.8 Å². The first-order valence-electron chi connectivity index (χ1n) is 9.15. The number of β-lactam (4-membered cyclic amide) rings is 1. The van der Waals surface area contributed by atoms with Crippen molar-refractivity contribution >= 4 is 41.0 Å². The third-order valence-electron chi connectivity index (χ3n) is 4.80. The van der Waals surface area contributed by atoms with E-state index in [4.69, 9.17) is 0 Å². The van der Waals surface area contributed by atoms with Crippen molar-refractivity contribution < 1.29 is 43.3 Å². The Morgan fingerprint density at radius 3 is 2.53 bits per heavy atom. The van der Waals surface area contributed by atoms with Crippen LogP contribution in [0.4, 0.5) is 0 Å². The zero-order valence-corrected chi connectivity index (χ0v) is 17.8. The number of carboxylic acid groups (broad SMARTS) is 1. The highest BCUT2D eigenvalue weighted by Gasteiger charge is 2.51. The maximum atomic E-state index is 12.0. The first-order valence-corrected chi connectivity index (χ1v) is 10.2. The quantitative estimate of drug-likeness (QED) is 0.0949. The maximum absolute atomic E-state index is 12.0. The zero-order chi connectivity index (χ0) is 24.2. The van der Waals surface area contributed by atoms with Gasteiger partial charge in [-0.1, -0.05) is 0 Å². The second-order valence-corrected chi connectivity index (χ2v) is 8.54. The minimum atomic E-state index is -3.03. The molecule has 0 aliphatic carbocycles. The first kappa shape index (κ1) is 24.7. The highest BCUT2D eigenvalue weighted by Crippen LogP contribution is 2.30. The highest BCUT2D eigenvalue weighted by atomic mass is 32.2. The normalized spacial score (nSPS) is 19.5. The van der Waals surface area contributed by atoms with Crippen LogP contribution in [0.3, 0.4) is 0 Å². The van der Waals surface area contributed by atoms with E-state index in [1.165, 1.54) is 6.07 Å². The third kappa shape index (κ3) is 5.20. The van der Waals surface area contributed by atoms with Crippen LogP contribution < -0.4 is 10.7 Å². The maximum Gasteiger partial charge on any atom is 0.328 e. The number of likely N-dealkylation sites (tertiary alicyclic amines) is 1. The molecule has 0 saturated carbocycles. The molecule has 3 amide bonds. The lowest BCUT2D eigenvalue weighted by molar-refractivity contribution is -0.161. The number of nitrogens with one attached hydrogen (secondary N) is 2. The fourth-order valence-electron chi connectivity index (χ4n) is 3.03. The molecule has 174 valence electrons. The smallest absolute Gasteiger partial charge is 0.328 e. The minimum Gasteiger partial charge on any atom is -0.772 e. The molecule has 1 heterocycles. The van der Waals surface area contributed by atoms with Crippen LogP contribution in [0.5, 0.6) is 11.5 Å². The van der Waals surface area contributed by atoms with Crippen molar-refractivity contribution in [2.45, 2.75) is 37.1 Å². The summed E-state index contributed by atoms with van der Waals surface area (Å²) in [6.07, 6.45) is 0.780. The molecule has 1 aliphatic heterocycles. The Morgan fingerprint density at radius 2 is 2.03 bits per heavy atom. The van der Waals surface area contributed by atoms with Gasteiger partial charge < -0.3 is 30.1 Å². The van der Waals surface area contributed by atoms with E-state index in [-0.39, 0.29) is 12.0 Å². The number of aliphatic carboxylic acids is 1. The molecule has 0 aromatic heterocycles. The van der Waals surface area contributed by atoms with Gasteiger partial charge in [-0.05, 0) is 43.1 Å². The molecule has 1 aliphatic rings. The van der Waals surface area contributed by atoms with Gasteiger partial charge in [0.25, 0.3) is 11.8 Å². The van der Waals surface area contributed by atoms with E-state index in [9.17, 15) is 43.3 Å². The Hall–Kier alpha value is -3.52. The molecule has 14 heteroatoms. The predicted molar refractivity (Wildman–Crippen MR) is 108 cm³/mol. The number of benzene rings is 1. The van der Waals surface area contributed by atoms with Crippen molar-refractivity contribution in [3.63, 3.8) is 0 Å². The molecule has 1 aromatic carbocycles. The van der Waals surface area contributed by atoms with Crippen LogP contribution in [0.2, 0.25) is 0 Å². The van der Waals surface area contributed by atoms with Crippen LogP contribution in [0.1, 0.15) is 30.6 Å². The van der Waals surface area contributed by atoms with Crippen molar-refractivity contribution in [2.24, 2.45) is 5.10 Å². The van der Waals surface area contributed by atoms with Crippen LogP contribution in [0.25, 0.3) is 0 Å². The number of phenolic OH excluding ortho intramolecular Hbond substituents is 2. The number of carbonyl (C=O) groups excluding carboxylic acids is 3. The molecule has 0 spiro atoms. The zero-order valence-electron chi connectivity index (χ0n) is 17.0. The fourth-order valence-corrected chi connectivity index (χ4v) is 3.57. The molecule has 1 saturated heterocycles. The number of carboxylic acids is 1. The standard InChI is InChI=1S/C18H22N4O9S/c1-9-5-14(26)22(9)15(17(28)29)18(2,32(30)31)8-20-21-13(25)7-19-16(27)10-3-4-11(23)12(24)6-10/h3-4,6,8-9,15,23-24H,5,7H2,1-2H3,(H,19,27)(H,21,25)(H,28,29)(H,30,31)/p-1/b20-8+/t9-,15+,18+/m1/s1. The molecule has 5 N–H and O–H groups in total. The molecule has 1 aromatic rings. The van der Waals surface area contributed by atoms with Gasteiger partial charge in [-0.3, -0.25) is 18.6 Å². The van der Waals surface area contributed by atoms with Gasteiger partial charge in [0.1, 0.15) is 0 Å². The van der Waals surface area contributed by atoms with E-state index in [1.54, 1.807) is 6.92 Å². The number of rotatable bonds is 9. The molecule has 1 fully saturated rings. The molecular formula is C18H21N4O9S-. The third-order valence-corrected chi connectivity index (χ3v) is 5.85. The number of phenols is 2. The fraction of sp³-hybridized carbons (Fsp3) is 0.389. The van der Waals surface area contributed by atoms with Crippen molar-refractivity contribution in [1.82, 2.24) is 15.6 Å². The van der Waals surface area contributed by atoms with Gasteiger partial charge in [-0.15, -0.1) is 0 Å². The Morgan fingerprint density at radius 1 is 1.38 bits per heavy atom. The van der Waals surface area contributed by atoms with E-state index < -0.39 is 69.6 Å². The van der Waals surface area contributed by atoms with Crippen molar-refractivity contribution in [2.75, 3.05) is 6.54 Å². The van der Waals surface area contributed by atoms with E-state index in [0.29, 0.717) is 6.21 Å². The lowest BCUT2D eigenvalue weighted by atomic mass is 9.92. The monoisotopic (exact) mass is 469 g/mol. The number of hydrazone groups is 1. The van der Waals surface area contributed by atoms with E-state index >= 15 is 0 Å². The number of nitrogens with zero attached hydrogens (tertiary/aromatic N) is 2. The molecule has 2 rings (SSSR count). The van der Waals surface area contributed by atoms with Gasteiger partial charge in [0.15, 0.2) is 17.5 Å². The predicted octanol–water partition coefficient (Wildman–Crippen LogP) is -1.36. The average molecular weight is 469 g/mol. The average Bonchev–Trinajstić information content (AvgIpc) is 2.71. The van der Waals surface area contributed by atoms with Gasteiger partial charge in [0.05, 0.1) is 11.3 Å². The molecule has 13 nitrogen and oxygen atoms in total. The van der Waals surface area contributed by atoms with Crippen LogP contribution >= 0.6 is 0 Å². The number of amides is 3. The van der Waals surface area contributed by atoms with Crippen LogP contribution in [-0.4, -0.2) is 82.3 Å². The van der Waals surface area contributed by atoms with E-state index in [0.717, 1.165) is 24.0 Å². The minimum absolute atomic E-state index is 0.0384. The molecule has 0 bridgehead atoms.